The van der Waals surface area contributed by atoms with Gasteiger partial charge in [0.05, 0.1) is 24.0 Å². The lowest BCUT2D eigenvalue weighted by atomic mass is 9.79. The Morgan fingerprint density at radius 3 is 2.32 bits per heavy atom. The molecule has 206 valence electrons. The fourth-order valence-corrected chi connectivity index (χ4v) is 4.58. The van der Waals surface area contributed by atoms with E-state index in [2.05, 4.69) is 10.6 Å². The number of hydrogen-bond donors (Lipinski definition) is 4. The average Bonchev–Trinajstić information content (AvgIpc) is 3.16. The monoisotopic (exact) mass is 519 g/mol. The van der Waals surface area contributed by atoms with Crippen LogP contribution in [-0.4, -0.2) is 65.4 Å². The third kappa shape index (κ3) is 8.45. The second-order valence-corrected chi connectivity index (χ2v) is 11.6. The first-order valence-electron chi connectivity index (χ1n) is 12.6. The highest BCUT2D eigenvalue weighted by Crippen LogP contribution is 2.38. The summed E-state index contributed by atoms with van der Waals surface area (Å²) >= 11 is 0. The SMILES string of the molecule is CNC(=O)[C@H]1CN(C(=O)CC(C)(C)C[C@H](NC(=O)OC(C)(C)C)[C@@H](O)C[C@@H](C)C(=O)O)c2ccccc21. The lowest BCUT2D eigenvalue weighted by Gasteiger charge is -2.34. The Morgan fingerprint density at radius 2 is 1.76 bits per heavy atom. The molecule has 10 heteroatoms. The number of fused-ring (bicyclic) bond motifs is 1. The number of aliphatic carboxylic acids is 1. The number of benzene rings is 1. The molecule has 1 aromatic rings. The number of aliphatic hydroxyl groups excluding tert-OH is 1. The maximum absolute atomic E-state index is 13.5. The number of alkyl carbamates (subject to hydrolysis) is 1. The number of aliphatic hydroxyl groups is 1. The highest BCUT2D eigenvalue weighted by atomic mass is 16.6. The van der Waals surface area contributed by atoms with Crippen LogP contribution in [0, 0.1) is 11.3 Å². The van der Waals surface area contributed by atoms with E-state index in [9.17, 15) is 29.4 Å². The number of nitrogens with one attached hydrogen (secondary N) is 2. The highest BCUT2D eigenvalue weighted by Gasteiger charge is 2.39. The topological polar surface area (TPSA) is 145 Å². The third-order valence-corrected chi connectivity index (χ3v) is 6.42. The summed E-state index contributed by atoms with van der Waals surface area (Å²) < 4.78 is 5.34. The van der Waals surface area contributed by atoms with Gasteiger partial charge in [-0.1, -0.05) is 39.0 Å². The second-order valence-electron chi connectivity index (χ2n) is 11.6. The summed E-state index contributed by atoms with van der Waals surface area (Å²) in [6.07, 6.45) is -1.70. The molecule has 0 radical (unpaired) electrons. The van der Waals surface area contributed by atoms with Crippen LogP contribution in [0.3, 0.4) is 0 Å². The van der Waals surface area contributed by atoms with Gasteiger partial charge >= 0.3 is 12.1 Å². The standard InChI is InChI=1S/C27H41N3O7/c1-16(24(34)35)12-21(31)19(29-25(36)37-26(2,3)4)13-27(5,6)14-22(32)30-15-18(23(33)28-7)17-10-8-9-11-20(17)30/h8-11,16,18-19,21,31H,12-15H2,1-7H3,(H,28,33)(H,29,36)(H,34,35)/t16-,18+,19+,21+/m1/s1. The minimum Gasteiger partial charge on any atom is -0.481 e. The number of hydrogen-bond acceptors (Lipinski definition) is 6. The first-order valence-corrected chi connectivity index (χ1v) is 12.6. The zero-order valence-corrected chi connectivity index (χ0v) is 22.8. The molecule has 4 N–H and O–H groups in total. The summed E-state index contributed by atoms with van der Waals surface area (Å²) in [4.78, 5) is 51.3. The van der Waals surface area contributed by atoms with E-state index in [-0.39, 0.29) is 37.6 Å². The predicted octanol–water partition coefficient (Wildman–Crippen LogP) is 3.03. The number of ether oxygens (including phenoxy) is 1. The van der Waals surface area contributed by atoms with E-state index >= 15 is 0 Å². The fraction of sp³-hybridized carbons (Fsp3) is 0.630. The van der Waals surface area contributed by atoms with Gasteiger partial charge in [-0.3, -0.25) is 14.4 Å². The van der Waals surface area contributed by atoms with Crippen LogP contribution < -0.4 is 15.5 Å². The van der Waals surface area contributed by atoms with Crippen molar-refractivity contribution in [2.75, 3.05) is 18.5 Å². The summed E-state index contributed by atoms with van der Waals surface area (Å²) in [7, 11) is 1.56. The first kappa shape index (κ1) is 30.1. The van der Waals surface area contributed by atoms with Crippen LogP contribution in [0.2, 0.25) is 0 Å². The summed E-state index contributed by atoms with van der Waals surface area (Å²) in [6.45, 7) is 10.6. The number of amides is 3. The van der Waals surface area contributed by atoms with Crippen LogP contribution in [0.25, 0.3) is 0 Å². The molecule has 0 saturated heterocycles. The Bertz CT molecular complexity index is 1000. The van der Waals surface area contributed by atoms with Crippen molar-refractivity contribution in [2.45, 2.75) is 84.5 Å². The van der Waals surface area contributed by atoms with Gasteiger partial charge < -0.3 is 30.5 Å². The number of carbonyl (C=O) groups excluding carboxylic acids is 3. The predicted molar refractivity (Wildman–Crippen MR) is 139 cm³/mol. The van der Waals surface area contributed by atoms with Crippen LogP contribution in [0.15, 0.2) is 24.3 Å². The molecule has 1 heterocycles. The molecule has 0 fully saturated rings. The third-order valence-electron chi connectivity index (χ3n) is 6.42. The highest BCUT2D eigenvalue weighted by molar-refractivity contribution is 6.00. The molecule has 0 unspecified atom stereocenters. The van der Waals surface area contributed by atoms with Crippen molar-refractivity contribution in [3.63, 3.8) is 0 Å². The van der Waals surface area contributed by atoms with Crippen LogP contribution in [0.4, 0.5) is 10.5 Å². The smallest absolute Gasteiger partial charge is 0.407 e. The molecule has 0 aromatic heterocycles. The van der Waals surface area contributed by atoms with Gasteiger partial charge in [0, 0.05) is 25.7 Å². The molecule has 0 aliphatic carbocycles. The first-order chi connectivity index (χ1) is 17.0. The lowest BCUT2D eigenvalue weighted by Crippen LogP contribution is -2.48. The molecule has 1 aliphatic heterocycles. The minimum absolute atomic E-state index is 0.0763. The fourth-order valence-electron chi connectivity index (χ4n) is 4.58. The Labute approximate surface area is 218 Å². The van der Waals surface area contributed by atoms with Crippen LogP contribution >= 0.6 is 0 Å². The number of nitrogens with zero attached hydrogens (tertiary/aromatic N) is 1. The van der Waals surface area contributed by atoms with Gasteiger partial charge in [-0.2, -0.15) is 0 Å². The number of rotatable bonds is 10. The summed E-state index contributed by atoms with van der Waals surface area (Å²) in [5.41, 5.74) is 0.0277. The molecule has 3 amide bonds. The van der Waals surface area contributed by atoms with Crippen molar-refractivity contribution in [1.29, 1.82) is 0 Å². The van der Waals surface area contributed by atoms with E-state index in [0.717, 1.165) is 5.56 Å². The number of carboxylic acid groups (broad SMARTS) is 1. The van der Waals surface area contributed by atoms with Crippen LogP contribution in [0.5, 0.6) is 0 Å². The van der Waals surface area contributed by atoms with Gasteiger partial charge in [-0.05, 0) is 50.7 Å². The normalized spacial score (nSPS) is 17.8. The van der Waals surface area contributed by atoms with E-state index in [1.165, 1.54) is 6.92 Å². The van der Waals surface area contributed by atoms with Crippen molar-refractivity contribution in [2.24, 2.45) is 11.3 Å². The second kappa shape index (κ2) is 11.9. The van der Waals surface area contributed by atoms with Gasteiger partial charge in [0.2, 0.25) is 11.8 Å². The van der Waals surface area contributed by atoms with E-state index in [1.807, 2.05) is 38.1 Å². The molecule has 0 bridgehead atoms. The molecule has 0 spiro atoms. The van der Waals surface area contributed by atoms with Crippen molar-refractivity contribution in [1.82, 2.24) is 10.6 Å². The Morgan fingerprint density at radius 1 is 1.14 bits per heavy atom. The largest absolute Gasteiger partial charge is 0.481 e. The summed E-state index contributed by atoms with van der Waals surface area (Å²) in [6, 6.07) is 6.46. The van der Waals surface area contributed by atoms with Crippen LogP contribution in [-0.2, 0) is 19.1 Å². The van der Waals surface area contributed by atoms with Gasteiger partial charge in [0.1, 0.15) is 5.60 Å². The van der Waals surface area contributed by atoms with E-state index in [1.54, 1.807) is 32.7 Å². The zero-order valence-electron chi connectivity index (χ0n) is 22.8. The molecule has 37 heavy (non-hydrogen) atoms. The Hall–Kier alpha value is -3.14. The van der Waals surface area contributed by atoms with Crippen molar-refractivity contribution >= 4 is 29.6 Å². The molecule has 1 aromatic carbocycles. The van der Waals surface area contributed by atoms with Crippen molar-refractivity contribution < 1.29 is 34.1 Å². The summed E-state index contributed by atoms with van der Waals surface area (Å²) in [5.74, 6) is -2.70. The number of para-hydroxylation sites is 1. The van der Waals surface area contributed by atoms with Gasteiger partial charge in [-0.15, -0.1) is 0 Å². The Balaban J connectivity index is 2.20. The van der Waals surface area contributed by atoms with Crippen molar-refractivity contribution in [3.05, 3.63) is 29.8 Å². The molecule has 2 rings (SSSR count). The number of carboxylic acids is 1. The molecular formula is C27H41N3O7. The zero-order chi connectivity index (χ0) is 28.1. The molecule has 10 nitrogen and oxygen atoms in total. The molecular weight excluding hydrogens is 478 g/mol. The number of carbonyl (C=O) groups is 4. The maximum atomic E-state index is 13.5. The molecule has 0 saturated carbocycles. The minimum atomic E-state index is -1.17. The van der Waals surface area contributed by atoms with Gasteiger partial charge in [0.25, 0.3) is 0 Å². The molecule has 1 aliphatic rings. The average molecular weight is 520 g/mol. The molecule has 4 atom stereocenters. The van der Waals surface area contributed by atoms with E-state index in [0.29, 0.717) is 5.69 Å². The van der Waals surface area contributed by atoms with Crippen LogP contribution in [0.1, 0.15) is 72.3 Å². The number of anilines is 1. The quantitative estimate of drug-likeness (QED) is 0.372. The lowest BCUT2D eigenvalue weighted by molar-refractivity contribution is -0.142. The van der Waals surface area contributed by atoms with E-state index < -0.39 is 47.1 Å². The Kier molecular flexibility index (Phi) is 9.71. The van der Waals surface area contributed by atoms with Crippen molar-refractivity contribution in [3.8, 4) is 0 Å². The van der Waals surface area contributed by atoms with E-state index in [4.69, 9.17) is 4.74 Å². The summed E-state index contributed by atoms with van der Waals surface area (Å²) in [5, 5.41) is 25.5. The van der Waals surface area contributed by atoms with Gasteiger partial charge in [-0.25, -0.2) is 4.79 Å². The number of likely N-dealkylation sites (N-methyl/N-ethyl adjacent to an activating group) is 1. The maximum Gasteiger partial charge on any atom is 0.407 e. The van der Waals surface area contributed by atoms with Gasteiger partial charge in [0.15, 0.2) is 0 Å².